The first-order valence-electron chi connectivity index (χ1n) is 7.38. The summed E-state index contributed by atoms with van der Waals surface area (Å²) in [5.74, 6) is -0.127. The molecule has 2 heterocycles. The standard InChI is InChI=1S/C17H18N4OS/c1-11-9-12(2)21(20-11)16(22)15-13(3)19-17(23-15)18-10-14-7-5-4-6-8-14/h4-9H,10H2,1-3H3,(H,18,19). The van der Waals surface area contributed by atoms with Crippen molar-refractivity contribution in [2.75, 3.05) is 5.32 Å². The fraction of sp³-hybridized carbons (Fsp3) is 0.235. The van der Waals surface area contributed by atoms with Crippen molar-refractivity contribution in [1.82, 2.24) is 14.8 Å². The number of aromatic nitrogens is 3. The third kappa shape index (κ3) is 3.32. The van der Waals surface area contributed by atoms with Gasteiger partial charge in [0.15, 0.2) is 5.13 Å². The maximum atomic E-state index is 12.6. The number of hydrogen-bond donors (Lipinski definition) is 1. The van der Waals surface area contributed by atoms with E-state index in [1.165, 1.54) is 21.6 Å². The monoisotopic (exact) mass is 326 g/mol. The number of hydrogen-bond acceptors (Lipinski definition) is 5. The minimum absolute atomic E-state index is 0.127. The Morgan fingerprint density at radius 2 is 1.96 bits per heavy atom. The number of aryl methyl sites for hydroxylation is 3. The van der Waals surface area contributed by atoms with Crippen LogP contribution in [0.3, 0.4) is 0 Å². The molecule has 0 unspecified atom stereocenters. The van der Waals surface area contributed by atoms with E-state index in [4.69, 9.17) is 0 Å². The zero-order valence-electron chi connectivity index (χ0n) is 13.3. The smallest absolute Gasteiger partial charge is 0.290 e. The Bertz CT molecular complexity index is 836. The number of carbonyl (C=O) groups excluding carboxylic acids is 1. The van der Waals surface area contributed by atoms with Crippen LogP contribution in [0.4, 0.5) is 5.13 Å². The molecule has 0 fully saturated rings. The zero-order valence-corrected chi connectivity index (χ0v) is 14.1. The van der Waals surface area contributed by atoms with Crippen molar-refractivity contribution < 1.29 is 4.79 Å². The van der Waals surface area contributed by atoms with Crippen LogP contribution in [-0.2, 0) is 6.54 Å². The summed E-state index contributed by atoms with van der Waals surface area (Å²) in [6.07, 6.45) is 0. The molecule has 5 nitrogen and oxygen atoms in total. The van der Waals surface area contributed by atoms with Crippen molar-refractivity contribution in [3.8, 4) is 0 Å². The van der Waals surface area contributed by atoms with Crippen LogP contribution >= 0.6 is 11.3 Å². The molecule has 23 heavy (non-hydrogen) atoms. The van der Waals surface area contributed by atoms with Crippen LogP contribution in [0.1, 0.15) is 32.3 Å². The summed E-state index contributed by atoms with van der Waals surface area (Å²) in [6.45, 7) is 6.29. The van der Waals surface area contributed by atoms with Crippen molar-refractivity contribution in [3.63, 3.8) is 0 Å². The van der Waals surface area contributed by atoms with Gasteiger partial charge in [-0.3, -0.25) is 4.79 Å². The SMILES string of the molecule is Cc1cc(C)n(C(=O)c2sc(NCc3ccccc3)nc2C)n1. The quantitative estimate of drug-likeness (QED) is 0.796. The van der Waals surface area contributed by atoms with E-state index >= 15 is 0 Å². The summed E-state index contributed by atoms with van der Waals surface area (Å²) in [5.41, 5.74) is 3.56. The lowest BCUT2D eigenvalue weighted by molar-refractivity contribution is 0.0945. The highest BCUT2D eigenvalue weighted by molar-refractivity contribution is 7.17. The fourth-order valence-electron chi connectivity index (χ4n) is 2.37. The van der Waals surface area contributed by atoms with Crippen LogP contribution in [0.5, 0.6) is 0 Å². The van der Waals surface area contributed by atoms with Crippen molar-refractivity contribution >= 4 is 22.4 Å². The third-order valence-electron chi connectivity index (χ3n) is 3.48. The van der Waals surface area contributed by atoms with Crippen LogP contribution in [0.15, 0.2) is 36.4 Å². The Morgan fingerprint density at radius 1 is 1.22 bits per heavy atom. The van der Waals surface area contributed by atoms with Gasteiger partial charge >= 0.3 is 0 Å². The number of anilines is 1. The molecule has 118 valence electrons. The van der Waals surface area contributed by atoms with Crippen molar-refractivity contribution in [3.05, 3.63) is 63.9 Å². The summed E-state index contributed by atoms with van der Waals surface area (Å²) in [5, 5.41) is 8.28. The molecule has 0 spiro atoms. The van der Waals surface area contributed by atoms with Gasteiger partial charge in [-0.1, -0.05) is 41.7 Å². The van der Waals surface area contributed by atoms with Crippen molar-refractivity contribution in [2.24, 2.45) is 0 Å². The second kappa shape index (κ2) is 6.34. The van der Waals surface area contributed by atoms with Gasteiger partial charge in [-0.2, -0.15) is 5.10 Å². The number of nitrogens with one attached hydrogen (secondary N) is 1. The van der Waals surface area contributed by atoms with Crippen molar-refractivity contribution in [2.45, 2.75) is 27.3 Å². The van der Waals surface area contributed by atoms with Gasteiger partial charge in [0.2, 0.25) is 0 Å². The van der Waals surface area contributed by atoms with Gasteiger partial charge in [0.25, 0.3) is 5.91 Å². The Kier molecular flexibility index (Phi) is 4.25. The Labute approximate surface area is 139 Å². The molecule has 0 saturated heterocycles. The van der Waals surface area contributed by atoms with Crippen molar-refractivity contribution in [1.29, 1.82) is 0 Å². The molecule has 0 atom stereocenters. The summed E-state index contributed by atoms with van der Waals surface area (Å²) in [6, 6.07) is 12.0. The molecule has 0 radical (unpaired) electrons. The molecule has 6 heteroatoms. The highest BCUT2D eigenvalue weighted by atomic mass is 32.1. The number of rotatable bonds is 4. The molecule has 0 aliphatic heterocycles. The summed E-state index contributed by atoms with van der Waals surface area (Å²) in [4.78, 5) is 17.7. The first-order valence-corrected chi connectivity index (χ1v) is 8.19. The van der Waals surface area contributed by atoms with Gasteiger partial charge in [0, 0.05) is 12.2 Å². The summed E-state index contributed by atoms with van der Waals surface area (Å²) < 4.78 is 1.44. The van der Waals surface area contributed by atoms with E-state index in [1.54, 1.807) is 0 Å². The van der Waals surface area contributed by atoms with E-state index < -0.39 is 0 Å². The average molecular weight is 326 g/mol. The Morgan fingerprint density at radius 3 is 2.61 bits per heavy atom. The lowest BCUT2D eigenvalue weighted by Crippen LogP contribution is -2.14. The van der Waals surface area contributed by atoms with Gasteiger partial charge < -0.3 is 5.32 Å². The van der Waals surface area contributed by atoms with Crippen LogP contribution < -0.4 is 5.32 Å². The number of thiazole rings is 1. The first-order chi connectivity index (χ1) is 11.0. The molecule has 3 rings (SSSR count). The maximum Gasteiger partial charge on any atom is 0.290 e. The third-order valence-corrected chi connectivity index (χ3v) is 4.58. The van der Waals surface area contributed by atoms with Gasteiger partial charge in [0.1, 0.15) is 4.88 Å². The minimum Gasteiger partial charge on any atom is -0.357 e. The second-order valence-electron chi connectivity index (χ2n) is 5.42. The molecule has 0 saturated carbocycles. The van der Waals surface area contributed by atoms with Gasteiger partial charge in [-0.25, -0.2) is 9.67 Å². The molecular formula is C17H18N4OS. The highest BCUT2D eigenvalue weighted by Crippen LogP contribution is 2.24. The lowest BCUT2D eigenvalue weighted by atomic mass is 10.2. The Balaban J connectivity index is 1.78. The molecule has 1 aromatic carbocycles. The normalized spacial score (nSPS) is 10.7. The minimum atomic E-state index is -0.127. The van der Waals surface area contributed by atoms with Crippen LogP contribution in [0.2, 0.25) is 0 Å². The number of carbonyl (C=O) groups is 1. The van der Waals surface area contributed by atoms with E-state index in [2.05, 4.69) is 27.5 Å². The molecule has 0 amide bonds. The van der Waals surface area contributed by atoms with Gasteiger partial charge in [0.05, 0.1) is 11.4 Å². The molecule has 2 aromatic heterocycles. The summed E-state index contributed by atoms with van der Waals surface area (Å²) in [7, 11) is 0. The molecule has 1 N–H and O–H groups in total. The number of benzene rings is 1. The molecule has 3 aromatic rings. The van der Waals surface area contributed by atoms with E-state index in [1.807, 2.05) is 45.0 Å². The van der Waals surface area contributed by atoms with Crippen LogP contribution in [0.25, 0.3) is 0 Å². The predicted molar refractivity (Wildman–Crippen MR) is 92.0 cm³/mol. The maximum absolute atomic E-state index is 12.6. The Hall–Kier alpha value is -2.47. The number of nitrogens with zero attached hydrogens (tertiary/aromatic N) is 3. The summed E-state index contributed by atoms with van der Waals surface area (Å²) >= 11 is 1.37. The van der Waals surface area contributed by atoms with E-state index in [9.17, 15) is 4.79 Å². The van der Waals surface area contributed by atoms with E-state index in [0.29, 0.717) is 11.4 Å². The molecular weight excluding hydrogens is 308 g/mol. The van der Waals surface area contributed by atoms with E-state index in [-0.39, 0.29) is 5.91 Å². The fourth-order valence-corrected chi connectivity index (χ4v) is 3.26. The lowest BCUT2D eigenvalue weighted by Gasteiger charge is -2.02. The second-order valence-corrected chi connectivity index (χ2v) is 6.42. The van der Waals surface area contributed by atoms with Crippen LogP contribution in [0, 0.1) is 20.8 Å². The average Bonchev–Trinajstić information content (AvgIpc) is 3.07. The van der Waals surface area contributed by atoms with E-state index in [0.717, 1.165) is 22.2 Å². The largest absolute Gasteiger partial charge is 0.357 e. The van der Waals surface area contributed by atoms with Crippen LogP contribution in [-0.4, -0.2) is 20.7 Å². The van der Waals surface area contributed by atoms with Gasteiger partial charge in [-0.15, -0.1) is 0 Å². The topological polar surface area (TPSA) is 59.8 Å². The molecule has 0 aliphatic rings. The first kappa shape index (κ1) is 15.4. The highest BCUT2D eigenvalue weighted by Gasteiger charge is 2.19. The molecule has 0 bridgehead atoms. The molecule has 0 aliphatic carbocycles. The van der Waals surface area contributed by atoms with Gasteiger partial charge in [-0.05, 0) is 32.4 Å². The zero-order chi connectivity index (χ0) is 16.4. The predicted octanol–water partition coefficient (Wildman–Crippen LogP) is 3.57.